The first-order chi connectivity index (χ1) is 13.0. The lowest BCUT2D eigenvalue weighted by Crippen LogP contribution is -2.38. The van der Waals surface area contributed by atoms with Crippen molar-refractivity contribution in [3.05, 3.63) is 43.3 Å². The molecule has 2 rings (SSSR count). The van der Waals surface area contributed by atoms with Crippen molar-refractivity contribution in [2.75, 3.05) is 4.90 Å². The summed E-state index contributed by atoms with van der Waals surface area (Å²) in [7, 11) is 0. The predicted molar refractivity (Wildman–Crippen MR) is 99.8 cm³/mol. The van der Waals surface area contributed by atoms with Crippen LogP contribution in [0.15, 0.2) is 12.1 Å². The quantitative estimate of drug-likeness (QED) is 0.606. The van der Waals surface area contributed by atoms with Gasteiger partial charge in [-0.2, -0.15) is 18.4 Å². The standard InChI is InChI=1S/C17H12Cl2F3N3O2S/c1-3-4-12(26)25(13-10(18)5-9(7-23)6-11(13)19)16(27)14-15(17(20,21)22)24-8(2)28-14/h5-6H,3-4H2,1-2H3. The average molecular weight is 450 g/mol. The lowest BCUT2D eigenvalue weighted by molar-refractivity contribution is -0.141. The molecule has 0 bridgehead atoms. The maximum Gasteiger partial charge on any atom is 0.435 e. The van der Waals surface area contributed by atoms with Gasteiger partial charge in [-0.25, -0.2) is 9.88 Å². The highest BCUT2D eigenvalue weighted by molar-refractivity contribution is 7.14. The molecule has 0 aliphatic carbocycles. The van der Waals surface area contributed by atoms with Crippen molar-refractivity contribution < 1.29 is 22.8 Å². The van der Waals surface area contributed by atoms with Crippen molar-refractivity contribution in [2.24, 2.45) is 0 Å². The van der Waals surface area contributed by atoms with Crippen LogP contribution in [-0.4, -0.2) is 16.8 Å². The molecule has 11 heteroatoms. The summed E-state index contributed by atoms with van der Waals surface area (Å²) in [5, 5.41) is 8.57. The Bertz CT molecular complexity index is 960. The first kappa shape index (κ1) is 22.1. The molecule has 2 aromatic rings. The highest BCUT2D eigenvalue weighted by Crippen LogP contribution is 2.39. The third kappa shape index (κ3) is 4.46. The van der Waals surface area contributed by atoms with Crippen LogP contribution in [0.4, 0.5) is 18.9 Å². The van der Waals surface area contributed by atoms with Gasteiger partial charge in [0.2, 0.25) is 5.91 Å². The van der Waals surface area contributed by atoms with Gasteiger partial charge in [0.25, 0.3) is 5.91 Å². The number of aryl methyl sites for hydroxylation is 1. The molecule has 1 aromatic carbocycles. The molecular weight excluding hydrogens is 438 g/mol. The van der Waals surface area contributed by atoms with Crippen molar-refractivity contribution >= 4 is 52.0 Å². The van der Waals surface area contributed by atoms with E-state index in [2.05, 4.69) is 4.98 Å². The number of rotatable bonds is 4. The lowest BCUT2D eigenvalue weighted by atomic mass is 10.1. The first-order valence-corrected chi connectivity index (χ1v) is 9.39. The SMILES string of the molecule is CCCC(=O)N(C(=O)c1sc(C)nc1C(F)(F)F)c1c(Cl)cc(C#N)cc1Cl. The van der Waals surface area contributed by atoms with E-state index in [1.807, 2.05) is 6.07 Å². The number of anilines is 1. The van der Waals surface area contributed by atoms with E-state index in [-0.39, 0.29) is 32.7 Å². The van der Waals surface area contributed by atoms with Crippen LogP contribution < -0.4 is 4.90 Å². The molecule has 0 saturated heterocycles. The second kappa shape index (κ2) is 8.47. The molecule has 1 aromatic heterocycles. The first-order valence-electron chi connectivity index (χ1n) is 7.82. The van der Waals surface area contributed by atoms with Gasteiger partial charge in [0.15, 0.2) is 5.69 Å². The van der Waals surface area contributed by atoms with Crippen LogP contribution in [0, 0.1) is 18.3 Å². The number of carbonyl (C=O) groups is 2. The van der Waals surface area contributed by atoms with Gasteiger partial charge in [0, 0.05) is 6.42 Å². The Hall–Kier alpha value is -2.15. The monoisotopic (exact) mass is 449 g/mol. The molecule has 0 N–H and O–H groups in total. The van der Waals surface area contributed by atoms with Crippen LogP contribution in [0.1, 0.15) is 45.7 Å². The molecule has 0 spiro atoms. The lowest BCUT2D eigenvalue weighted by Gasteiger charge is -2.23. The van der Waals surface area contributed by atoms with Crippen molar-refractivity contribution in [2.45, 2.75) is 32.9 Å². The van der Waals surface area contributed by atoms with E-state index < -0.39 is 28.6 Å². The fourth-order valence-corrected chi connectivity index (χ4v) is 3.90. The molecule has 0 fully saturated rings. The zero-order chi connectivity index (χ0) is 21.2. The topological polar surface area (TPSA) is 74.1 Å². The summed E-state index contributed by atoms with van der Waals surface area (Å²) in [6, 6.07) is 4.15. The second-order valence-corrected chi connectivity index (χ2v) is 7.61. The smallest absolute Gasteiger partial charge is 0.274 e. The van der Waals surface area contributed by atoms with Crippen LogP contribution in [0.2, 0.25) is 10.0 Å². The van der Waals surface area contributed by atoms with Gasteiger partial charge < -0.3 is 0 Å². The summed E-state index contributed by atoms with van der Waals surface area (Å²) in [4.78, 5) is 28.8. The highest BCUT2D eigenvalue weighted by atomic mass is 35.5. The number of nitrogens with zero attached hydrogens (tertiary/aromatic N) is 3. The van der Waals surface area contributed by atoms with Gasteiger partial charge in [-0.15, -0.1) is 11.3 Å². The summed E-state index contributed by atoms with van der Waals surface area (Å²) in [5.74, 6) is -2.01. The molecule has 28 heavy (non-hydrogen) atoms. The predicted octanol–water partition coefficient (Wildman–Crippen LogP) is 5.62. The maximum absolute atomic E-state index is 13.3. The fourth-order valence-electron chi connectivity index (χ4n) is 2.37. The van der Waals surface area contributed by atoms with Crippen molar-refractivity contribution in [1.82, 2.24) is 4.98 Å². The second-order valence-electron chi connectivity index (χ2n) is 5.59. The Morgan fingerprint density at radius 2 is 1.86 bits per heavy atom. The Balaban J connectivity index is 2.69. The van der Waals surface area contributed by atoms with E-state index in [1.165, 1.54) is 19.1 Å². The fraction of sp³-hybridized carbons (Fsp3) is 0.294. The summed E-state index contributed by atoms with van der Waals surface area (Å²) in [6.07, 6.45) is -4.67. The molecular formula is C17H12Cl2F3N3O2S. The van der Waals surface area contributed by atoms with Crippen LogP contribution >= 0.6 is 34.5 Å². The van der Waals surface area contributed by atoms with Crippen LogP contribution in [0.5, 0.6) is 0 Å². The molecule has 0 aliphatic heterocycles. The van der Waals surface area contributed by atoms with Gasteiger partial charge in [-0.3, -0.25) is 9.59 Å². The zero-order valence-electron chi connectivity index (χ0n) is 14.5. The number of halogens is 5. The van der Waals surface area contributed by atoms with Crippen molar-refractivity contribution in [1.29, 1.82) is 5.26 Å². The molecule has 5 nitrogen and oxygen atoms in total. The number of thiazole rings is 1. The van der Waals surface area contributed by atoms with Crippen molar-refractivity contribution in [3.8, 4) is 6.07 Å². The number of hydrogen-bond acceptors (Lipinski definition) is 5. The Morgan fingerprint density at radius 3 is 2.32 bits per heavy atom. The van der Waals surface area contributed by atoms with Gasteiger partial charge in [0.05, 0.1) is 32.4 Å². The summed E-state index contributed by atoms with van der Waals surface area (Å²) < 4.78 is 39.9. The Kier molecular flexibility index (Phi) is 6.70. The van der Waals surface area contributed by atoms with E-state index >= 15 is 0 Å². The summed E-state index contributed by atoms with van der Waals surface area (Å²) in [5.41, 5.74) is -1.58. The highest BCUT2D eigenvalue weighted by Gasteiger charge is 2.42. The third-order valence-electron chi connectivity index (χ3n) is 3.48. The van der Waals surface area contributed by atoms with E-state index in [0.29, 0.717) is 22.7 Å². The average Bonchev–Trinajstić information content (AvgIpc) is 2.99. The summed E-state index contributed by atoms with van der Waals surface area (Å²) >= 11 is 12.7. The van der Waals surface area contributed by atoms with E-state index in [4.69, 9.17) is 28.5 Å². The normalized spacial score (nSPS) is 11.2. The molecule has 0 atom stereocenters. The van der Waals surface area contributed by atoms with E-state index in [0.717, 1.165) is 0 Å². The number of benzene rings is 1. The molecule has 0 saturated carbocycles. The van der Waals surface area contributed by atoms with Gasteiger partial charge in [-0.05, 0) is 25.5 Å². The molecule has 0 unspecified atom stereocenters. The molecule has 0 aliphatic rings. The number of hydrogen-bond donors (Lipinski definition) is 0. The number of imide groups is 1. The Labute approximate surface area is 172 Å². The maximum atomic E-state index is 13.3. The number of aromatic nitrogens is 1. The Morgan fingerprint density at radius 1 is 1.29 bits per heavy atom. The number of alkyl halides is 3. The summed E-state index contributed by atoms with van der Waals surface area (Å²) in [6.45, 7) is 2.98. The largest absolute Gasteiger partial charge is 0.435 e. The van der Waals surface area contributed by atoms with Crippen LogP contribution in [-0.2, 0) is 11.0 Å². The molecule has 148 valence electrons. The van der Waals surface area contributed by atoms with Gasteiger partial charge >= 0.3 is 6.18 Å². The van der Waals surface area contributed by atoms with Gasteiger partial charge in [0.1, 0.15) is 4.88 Å². The molecule has 2 amide bonds. The molecule has 0 radical (unpaired) electrons. The zero-order valence-corrected chi connectivity index (χ0v) is 16.9. The minimum atomic E-state index is -4.88. The van der Waals surface area contributed by atoms with Crippen LogP contribution in [0.3, 0.4) is 0 Å². The number of amides is 2. The molecule has 1 heterocycles. The number of nitriles is 1. The van der Waals surface area contributed by atoms with Gasteiger partial charge in [-0.1, -0.05) is 30.1 Å². The minimum Gasteiger partial charge on any atom is -0.274 e. The van der Waals surface area contributed by atoms with Crippen molar-refractivity contribution in [3.63, 3.8) is 0 Å². The van der Waals surface area contributed by atoms with E-state index in [9.17, 15) is 22.8 Å². The number of carbonyl (C=O) groups excluding carboxylic acids is 2. The van der Waals surface area contributed by atoms with E-state index in [1.54, 1.807) is 6.92 Å². The van der Waals surface area contributed by atoms with Crippen LogP contribution in [0.25, 0.3) is 0 Å². The third-order valence-corrected chi connectivity index (χ3v) is 5.02. The minimum absolute atomic E-state index is 0.00980.